The Bertz CT molecular complexity index is 1190. The lowest BCUT2D eigenvalue weighted by molar-refractivity contribution is -0.192. The topological polar surface area (TPSA) is 133 Å². The van der Waals surface area contributed by atoms with Gasteiger partial charge in [0.15, 0.2) is 5.82 Å². The number of halogens is 3. The Labute approximate surface area is 185 Å². The van der Waals surface area contributed by atoms with Crippen LogP contribution in [0.15, 0.2) is 47.5 Å². The van der Waals surface area contributed by atoms with E-state index in [4.69, 9.17) is 9.90 Å². The first-order valence-corrected chi connectivity index (χ1v) is 9.79. The third-order valence-corrected chi connectivity index (χ3v) is 5.27. The van der Waals surface area contributed by atoms with E-state index in [0.717, 1.165) is 18.5 Å². The molecule has 0 saturated carbocycles. The van der Waals surface area contributed by atoms with Crippen molar-refractivity contribution >= 4 is 17.5 Å². The highest BCUT2D eigenvalue weighted by Crippen LogP contribution is 2.33. The number of fused-ring (bicyclic) bond motifs is 1. The number of rotatable bonds is 4. The van der Waals surface area contributed by atoms with Crippen molar-refractivity contribution in [2.24, 2.45) is 0 Å². The predicted molar refractivity (Wildman–Crippen MR) is 109 cm³/mol. The lowest BCUT2D eigenvalue weighted by atomic mass is 9.78. The molecule has 1 saturated heterocycles. The summed E-state index contributed by atoms with van der Waals surface area (Å²) in [4.78, 5) is 38.3. The average Bonchev–Trinajstić information content (AvgIpc) is 3.43. The minimum atomic E-state index is -5.08. The number of benzene rings is 1. The van der Waals surface area contributed by atoms with Gasteiger partial charge in [-0.25, -0.2) is 4.79 Å². The molecule has 1 unspecified atom stereocenters. The summed E-state index contributed by atoms with van der Waals surface area (Å²) in [5, 5.41) is 18.4. The normalized spacial score (nSPS) is 17.9. The molecule has 3 heterocycles. The maximum absolute atomic E-state index is 13.4. The Morgan fingerprint density at radius 3 is 2.48 bits per heavy atom. The van der Waals surface area contributed by atoms with Crippen LogP contribution in [0.2, 0.25) is 0 Å². The van der Waals surface area contributed by atoms with Gasteiger partial charge in [-0.2, -0.15) is 13.2 Å². The third kappa shape index (κ3) is 5.03. The molecule has 13 heteroatoms. The van der Waals surface area contributed by atoms with Crippen molar-refractivity contribution < 1.29 is 27.9 Å². The summed E-state index contributed by atoms with van der Waals surface area (Å²) in [6.07, 6.45) is -1.11. The van der Waals surface area contributed by atoms with Gasteiger partial charge in [-0.05, 0) is 18.5 Å². The van der Waals surface area contributed by atoms with Crippen molar-refractivity contribution in [1.82, 2.24) is 29.8 Å². The van der Waals surface area contributed by atoms with Crippen molar-refractivity contribution in [2.75, 3.05) is 20.1 Å². The molecule has 0 bridgehead atoms. The van der Waals surface area contributed by atoms with E-state index in [0.29, 0.717) is 12.4 Å². The van der Waals surface area contributed by atoms with Gasteiger partial charge < -0.3 is 20.3 Å². The number of alkyl halides is 3. The van der Waals surface area contributed by atoms with Crippen molar-refractivity contribution in [3.63, 3.8) is 0 Å². The van der Waals surface area contributed by atoms with Gasteiger partial charge in [-0.3, -0.25) is 14.0 Å². The second kappa shape index (κ2) is 9.40. The molecule has 1 atom stereocenters. The molecular weight excluding hydrogens is 445 g/mol. The first-order valence-electron chi connectivity index (χ1n) is 9.79. The fourth-order valence-electron chi connectivity index (χ4n) is 3.65. The number of hydrogen-bond donors (Lipinski definition) is 3. The number of hydrogen-bond acceptors (Lipinski definition) is 6. The molecule has 0 radical (unpaired) electrons. The number of aliphatic carboxylic acids is 1. The lowest BCUT2D eigenvalue weighted by Gasteiger charge is -2.32. The fraction of sp³-hybridized carbons (Fsp3) is 0.350. The predicted octanol–water partition coefficient (Wildman–Crippen LogP) is 0.941. The van der Waals surface area contributed by atoms with Gasteiger partial charge in [0.05, 0.1) is 12.0 Å². The largest absolute Gasteiger partial charge is 0.490 e. The van der Waals surface area contributed by atoms with E-state index in [-0.39, 0.29) is 23.7 Å². The van der Waals surface area contributed by atoms with Crippen LogP contribution in [0.25, 0.3) is 5.65 Å². The van der Waals surface area contributed by atoms with Crippen molar-refractivity contribution in [3.05, 3.63) is 64.5 Å². The molecule has 1 aliphatic rings. The molecule has 0 aliphatic carbocycles. The van der Waals surface area contributed by atoms with Gasteiger partial charge in [0, 0.05) is 26.0 Å². The first kappa shape index (κ1) is 23.9. The molecule has 1 fully saturated rings. The quantitative estimate of drug-likeness (QED) is 0.521. The monoisotopic (exact) mass is 466 g/mol. The second-order valence-electron chi connectivity index (χ2n) is 7.44. The molecule has 1 aromatic carbocycles. The summed E-state index contributed by atoms with van der Waals surface area (Å²) < 4.78 is 33.4. The van der Waals surface area contributed by atoms with Gasteiger partial charge in [0.1, 0.15) is 0 Å². The SMILES string of the molecule is CN(Cc1nnc2c(=O)[nH]ccn12)C(=O)C1(c2ccccc2)CCNC1.O=C(O)C(F)(F)F. The number of likely N-dealkylation sites (N-methyl/N-ethyl adjacent to an activating group) is 1. The van der Waals surface area contributed by atoms with E-state index in [1.165, 1.54) is 6.20 Å². The van der Waals surface area contributed by atoms with Gasteiger partial charge in [0.25, 0.3) is 5.56 Å². The van der Waals surface area contributed by atoms with Crippen molar-refractivity contribution in [1.29, 1.82) is 0 Å². The van der Waals surface area contributed by atoms with Crippen LogP contribution in [-0.4, -0.2) is 67.8 Å². The highest BCUT2D eigenvalue weighted by atomic mass is 19.4. The Morgan fingerprint density at radius 1 is 1.24 bits per heavy atom. The molecule has 4 rings (SSSR count). The van der Waals surface area contributed by atoms with Crippen LogP contribution >= 0.6 is 0 Å². The van der Waals surface area contributed by atoms with Crippen LogP contribution in [-0.2, 0) is 21.5 Å². The maximum atomic E-state index is 13.4. The summed E-state index contributed by atoms with van der Waals surface area (Å²) in [5.74, 6) is -2.17. The Kier molecular flexibility index (Phi) is 6.81. The number of H-pyrrole nitrogens is 1. The fourth-order valence-corrected chi connectivity index (χ4v) is 3.65. The van der Waals surface area contributed by atoms with Gasteiger partial charge in [-0.15, -0.1) is 10.2 Å². The number of carboxylic acids is 1. The highest BCUT2D eigenvalue weighted by molar-refractivity contribution is 5.89. The Hall–Kier alpha value is -3.74. The van der Waals surface area contributed by atoms with Crippen LogP contribution in [0.5, 0.6) is 0 Å². The number of carboxylic acid groups (broad SMARTS) is 1. The molecule has 1 amide bonds. The number of nitrogens with zero attached hydrogens (tertiary/aromatic N) is 4. The molecule has 176 valence electrons. The summed E-state index contributed by atoms with van der Waals surface area (Å²) in [6.45, 7) is 1.69. The zero-order valence-corrected chi connectivity index (χ0v) is 17.5. The Morgan fingerprint density at radius 2 is 1.91 bits per heavy atom. The van der Waals surface area contributed by atoms with E-state index in [1.807, 2.05) is 30.3 Å². The molecule has 1 aliphatic heterocycles. The highest BCUT2D eigenvalue weighted by Gasteiger charge is 2.44. The number of nitrogens with one attached hydrogen (secondary N) is 2. The third-order valence-electron chi connectivity index (χ3n) is 5.27. The number of amides is 1. The molecular formula is C20H21F3N6O4. The summed E-state index contributed by atoms with van der Waals surface area (Å²) in [6, 6.07) is 9.88. The van der Waals surface area contributed by atoms with Crippen LogP contribution < -0.4 is 10.9 Å². The van der Waals surface area contributed by atoms with Gasteiger partial charge in [-0.1, -0.05) is 30.3 Å². The Balaban J connectivity index is 0.000000383. The van der Waals surface area contributed by atoms with E-state index < -0.39 is 17.6 Å². The minimum Gasteiger partial charge on any atom is -0.475 e. The number of carbonyl (C=O) groups is 2. The van der Waals surface area contributed by atoms with E-state index in [9.17, 15) is 22.8 Å². The maximum Gasteiger partial charge on any atom is 0.490 e. The van der Waals surface area contributed by atoms with Crippen LogP contribution in [0.1, 0.15) is 17.8 Å². The minimum absolute atomic E-state index is 0.0373. The number of carbonyl (C=O) groups excluding carboxylic acids is 1. The van der Waals surface area contributed by atoms with Gasteiger partial charge in [0.2, 0.25) is 11.6 Å². The molecule has 0 spiro atoms. The standard InChI is InChI=1S/C18H20N6O2.C2HF3O2/c1-23(11-14-21-22-15-16(25)20-9-10-24(14)15)17(26)18(7-8-19-12-18)13-5-3-2-4-6-13;3-2(4,5)1(6)7/h2-6,9-10,19H,7-8,11-12H2,1H3,(H,20,25);(H,6,7). The number of aromatic nitrogens is 4. The lowest BCUT2D eigenvalue weighted by Crippen LogP contribution is -2.46. The van der Waals surface area contributed by atoms with Gasteiger partial charge >= 0.3 is 12.1 Å². The van der Waals surface area contributed by atoms with E-state index in [2.05, 4.69) is 20.5 Å². The van der Waals surface area contributed by atoms with Crippen LogP contribution in [0, 0.1) is 0 Å². The van der Waals surface area contributed by atoms with E-state index >= 15 is 0 Å². The van der Waals surface area contributed by atoms with Crippen molar-refractivity contribution in [2.45, 2.75) is 24.6 Å². The van der Waals surface area contributed by atoms with Crippen LogP contribution in [0.4, 0.5) is 13.2 Å². The second-order valence-corrected chi connectivity index (χ2v) is 7.44. The summed E-state index contributed by atoms with van der Waals surface area (Å²) >= 11 is 0. The zero-order chi connectivity index (χ0) is 24.2. The number of aromatic amines is 1. The zero-order valence-electron chi connectivity index (χ0n) is 17.5. The molecule has 10 nitrogen and oxygen atoms in total. The molecule has 3 aromatic rings. The van der Waals surface area contributed by atoms with Crippen molar-refractivity contribution in [3.8, 4) is 0 Å². The first-order chi connectivity index (χ1) is 15.6. The smallest absolute Gasteiger partial charge is 0.475 e. The summed E-state index contributed by atoms with van der Waals surface area (Å²) in [7, 11) is 1.76. The van der Waals surface area contributed by atoms with E-state index in [1.54, 1.807) is 22.5 Å². The molecule has 2 aromatic heterocycles. The molecule has 33 heavy (non-hydrogen) atoms. The van der Waals surface area contributed by atoms with Crippen LogP contribution in [0.3, 0.4) is 0 Å². The molecule has 3 N–H and O–H groups in total. The summed E-state index contributed by atoms with van der Waals surface area (Å²) in [5.41, 5.74) is 0.363. The average molecular weight is 466 g/mol.